The van der Waals surface area contributed by atoms with E-state index >= 15 is 0 Å². The lowest BCUT2D eigenvalue weighted by molar-refractivity contribution is -0.145. The molecule has 0 aliphatic carbocycles. The normalized spacial score (nSPS) is 16.2. The van der Waals surface area contributed by atoms with E-state index < -0.39 is 12.0 Å². The van der Waals surface area contributed by atoms with Crippen molar-refractivity contribution in [1.82, 2.24) is 10.2 Å². The van der Waals surface area contributed by atoms with Gasteiger partial charge in [-0.05, 0) is 24.6 Å². The number of carboxylic acids is 1. The number of urea groups is 1. The number of aliphatic carboxylic acids is 1. The van der Waals surface area contributed by atoms with Gasteiger partial charge in [-0.25, -0.2) is 4.79 Å². The van der Waals surface area contributed by atoms with Gasteiger partial charge >= 0.3 is 12.0 Å². The zero-order chi connectivity index (χ0) is 17.5. The van der Waals surface area contributed by atoms with Crippen molar-refractivity contribution in [2.24, 2.45) is 0 Å². The number of carbonyl (C=O) groups excluding carboxylic acids is 1. The molecule has 1 aromatic carbocycles. The monoisotopic (exact) mass is 337 g/mol. The lowest BCUT2D eigenvalue weighted by Gasteiger charge is -2.32. The van der Waals surface area contributed by atoms with Crippen molar-refractivity contribution in [3.63, 3.8) is 0 Å². The maximum atomic E-state index is 11.7. The molecule has 0 aromatic heterocycles. The van der Waals surface area contributed by atoms with Crippen molar-refractivity contribution in [3.8, 4) is 5.75 Å². The summed E-state index contributed by atoms with van der Waals surface area (Å²) in [4.78, 5) is 25.3. The van der Waals surface area contributed by atoms with E-state index in [-0.39, 0.29) is 6.03 Å². The molecule has 1 aliphatic rings. The molecule has 24 heavy (non-hydrogen) atoms. The van der Waals surface area contributed by atoms with Crippen molar-refractivity contribution in [3.05, 3.63) is 23.8 Å². The SMILES string of the molecule is CCNC(=O)Nc1ccc([C@@H](C(=O)O)N2CCOCC2)cc1OC. The summed E-state index contributed by atoms with van der Waals surface area (Å²) >= 11 is 0. The summed E-state index contributed by atoms with van der Waals surface area (Å²) in [7, 11) is 1.48. The highest BCUT2D eigenvalue weighted by molar-refractivity contribution is 5.91. The van der Waals surface area contributed by atoms with Gasteiger partial charge in [0.1, 0.15) is 11.8 Å². The number of nitrogens with zero attached hydrogens (tertiary/aromatic N) is 1. The van der Waals surface area contributed by atoms with Gasteiger partial charge in [-0.1, -0.05) is 6.07 Å². The molecule has 0 radical (unpaired) electrons. The molecule has 1 heterocycles. The van der Waals surface area contributed by atoms with Crippen LogP contribution in [0.25, 0.3) is 0 Å². The minimum Gasteiger partial charge on any atom is -0.495 e. The van der Waals surface area contributed by atoms with Crippen LogP contribution in [0.5, 0.6) is 5.75 Å². The second-order valence-electron chi connectivity index (χ2n) is 5.33. The molecule has 8 nitrogen and oxygen atoms in total. The molecule has 0 saturated carbocycles. The van der Waals surface area contributed by atoms with Gasteiger partial charge in [0.15, 0.2) is 0 Å². The fourth-order valence-corrected chi connectivity index (χ4v) is 2.65. The summed E-state index contributed by atoms with van der Waals surface area (Å²) in [5.41, 5.74) is 1.08. The van der Waals surface area contributed by atoms with E-state index in [2.05, 4.69) is 10.6 Å². The van der Waals surface area contributed by atoms with Crippen molar-refractivity contribution in [2.75, 3.05) is 45.3 Å². The van der Waals surface area contributed by atoms with E-state index in [1.54, 1.807) is 18.2 Å². The van der Waals surface area contributed by atoms with Crippen LogP contribution < -0.4 is 15.4 Å². The molecule has 1 aromatic rings. The third-order valence-electron chi connectivity index (χ3n) is 3.77. The van der Waals surface area contributed by atoms with Crippen LogP contribution in [-0.4, -0.2) is 62.0 Å². The van der Waals surface area contributed by atoms with Crippen LogP contribution in [0.3, 0.4) is 0 Å². The summed E-state index contributed by atoms with van der Waals surface area (Å²) in [6.45, 7) is 4.45. The van der Waals surface area contributed by atoms with Gasteiger partial charge in [0, 0.05) is 19.6 Å². The Morgan fingerprint density at radius 2 is 2.08 bits per heavy atom. The zero-order valence-electron chi connectivity index (χ0n) is 13.9. The first-order valence-electron chi connectivity index (χ1n) is 7.84. The first kappa shape index (κ1) is 18.0. The molecule has 8 heteroatoms. The molecule has 1 aliphatic heterocycles. The minimum atomic E-state index is -0.927. The quantitative estimate of drug-likeness (QED) is 0.723. The summed E-state index contributed by atoms with van der Waals surface area (Å²) < 4.78 is 10.6. The van der Waals surface area contributed by atoms with E-state index in [1.165, 1.54) is 7.11 Å². The summed E-state index contributed by atoms with van der Waals surface area (Å²) in [5, 5.41) is 14.9. The summed E-state index contributed by atoms with van der Waals surface area (Å²) in [6.07, 6.45) is 0. The highest BCUT2D eigenvalue weighted by atomic mass is 16.5. The number of ether oxygens (including phenoxy) is 2. The Morgan fingerprint density at radius 1 is 1.38 bits per heavy atom. The van der Waals surface area contributed by atoms with E-state index in [1.807, 2.05) is 11.8 Å². The van der Waals surface area contributed by atoms with Crippen LogP contribution >= 0.6 is 0 Å². The second kappa shape index (κ2) is 8.51. The van der Waals surface area contributed by atoms with Crippen LogP contribution in [0.4, 0.5) is 10.5 Å². The number of rotatable bonds is 6. The smallest absolute Gasteiger partial charge is 0.325 e. The van der Waals surface area contributed by atoms with E-state index in [4.69, 9.17) is 9.47 Å². The predicted octanol–water partition coefficient (Wildman–Crippen LogP) is 1.29. The fourth-order valence-electron chi connectivity index (χ4n) is 2.65. The third kappa shape index (κ3) is 4.36. The minimum absolute atomic E-state index is 0.341. The Labute approximate surface area is 140 Å². The summed E-state index contributed by atoms with van der Waals surface area (Å²) in [6, 6.07) is 3.88. The van der Waals surface area contributed by atoms with Crippen LogP contribution in [0.1, 0.15) is 18.5 Å². The van der Waals surface area contributed by atoms with E-state index in [9.17, 15) is 14.7 Å². The number of carbonyl (C=O) groups is 2. The number of amides is 2. The Balaban J connectivity index is 2.25. The Bertz CT molecular complexity index is 587. The largest absolute Gasteiger partial charge is 0.495 e. The number of methoxy groups -OCH3 is 1. The number of morpholine rings is 1. The zero-order valence-corrected chi connectivity index (χ0v) is 13.9. The van der Waals surface area contributed by atoms with Crippen molar-refractivity contribution in [1.29, 1.82) is 0 Å². The molecule has 0 unspecified atom stereocenters. The third-order valence-corrected chi connectivity index (χ3v) is 3.77. The van der Waals surface area contributed by atoms with Crippen LogP contribution in [-0.2, 0) is 9.53 Å². The van der Waals surface area contributed by atoms with Crippen molar-refractivity contribution < 1.29 is 24.2 Å². The van der Waals surface area contributed by atoms with Crippen LogP contribution in [0.15, 0.2) is 18.2 Å². The lowest BCUT2D eigenvalue weighted by Crippen LogP contribution is -2.42. The molecular weight excluding hydrogens is 314 g/mol. The molecule has 132 valence electrons. The molecule has 2 amide bonds. The number of nitrogens with one attached hydrogen (secondary N) is 2. The molecular formula is C16H23N3O5. The van der Waals surface area contributed by atoms with Gasteiger partial charge in [0.25, 0.3) is 0 Å². The molecule has 1 fully saturated rings. The number of carboxylic acid groups (broad SMARTS) is 1. The van der Waals surface area contributed by atoms with Gasteiger partial charge in [-0.15, -0.1) is 0 Å². The number of hydrogen-bond acceptors (Lipinski definition) is 5. The molecule has 1 saturated heterocycles. The number of anilines is 1. The maximum absolute atomic E-state index is 11.7. The Hall–Kier alpha value is -2.32. The first-order chi connectivity index (χ1) is 11.6. The van der Waals surface area contributed by atoms with Crippen LogP contribution in [0.2, 0.25) is 0 Å². The lowest BCUT2D eigenvalue weighted by atomic mass is 10.0. The highest BCUT2D eigenvalue weighted by Gasteiger charge is 2.29. The Kier molecular flexibility index (Phi) is 6.39. The van der Waals surface area contributed by atoms with E-state index in [0.29, 0.717) is 49.8 Å². The topological polar surface area (TPSA) is 100 Å². The molecule has 0 spiro atoms. The molecule has 2 rings (SSSR count). The van der Waals surface area contributed by atoms with E-state index in [0.717, 1.165) is 0 Å². The number of benzene rings is 1. The predicted molar refractivity (Wildman–Crippen MR) is 88.5 cm³/mol. The van der Waals surface area contributed by atoms with Crippen LogP contribution in [0, 0.1) is 0 Å². The first-order valence-corrected chi connectivity index (χ1v) is 7.84. The number of hydrogen-bond donors (Lipinski definition) is 3. The maximum Gasteiger partial charge on any atom is 0.325 e. The average molecular weight is 337 g/mol. The second-order valence-corrected chi connectivity index (χ2v) is 5.33. The molecule has 3 N–H and O–H groups in total. The molecule has 0 bridgehead atoms. The van der Waals surface area contributed by atoms with Gasteiger partial charge in [0.05, 0.1) is 26.0 Å². The fraction of sp³-hybridized carbons (Fsp3) is 0.500. The van der Waals surface area contributed by atoms with Gasteiger partial charge in [-0.2, -0.15) is 0 Å². The summed E-state index contributed by atoms with van der Waals surface area (Å²) in [5.74, 6) is -0.512. The molecule has 1 atom stereocenters. The van der Waals surface area contributed by atoms with Gasteiger partial charge in [-0.3, -0.25) is 9.69 Å². The highest BCUT2D eigenvalue weighted by Crippen LogP contribution is 2.31. The van der Waals surface area contributed by atoms with Crippen molar-refractivity contribution >= 4 is 17.7 Å². The standard InChI is InChI=1S/C16H23N3O5/c1-3-17-16(22)18-12-5-4-11(10-13(12)23-2)14(15(20)21)19-6-8-24-9-7-19/h4-5,10,14H,3,6-9H2,1-2H3,(H,20,21)(H2,17,18,22)/t14-/m0/s1. The van der Waals surface area contributed by atoms with Crippen molar-refractivity contribution in [2.45, 2.75) is 13.0 Å². The van der Waals surface area contributed by atoms with Gasteiger partial charge in [0.2, 0.25) is 0 Å². The Morgan fingerprint density at radius 3 is 2.67 bits per heavy atom. The van der Waals surface area contributed by atoms with Gasteiger partial charge < -0.3 is 25.2 Å². The average Bonchev–Trinajstić information content (AvgIpc) is 2.57.